The van der Waals surface area contributed by atoms with Crippen molar-refractivity contribution in [3.05, 3.63) is 28.2 Å². The number of nitrogens with zero attached hydrogens (tertiary/aromatic N) is 3. The number of carbonyl (C=O) groups excluding carboxylic acids is 1. The standard InChI is InChI=1S/C19H29N3O3/c1-4-12-22-17(23)9-8-14(20-22)18(24)21(3)15-13-16(25-5-2)19(15)10-6-7-11-19/h8-9,15-16H,4-7,10-13H2,1-3H3/t15-,16-/m1/s1. The second-order valence-corrected chi connectivity index (χ2v) is 7.33. The Balaban J connectivity index is 1.79. The van der Waals surface area contributed by atoms with Gasteiger partial charge < -0.3 is 9.64 Å². The first-order valence-corrected chi connectivity index (χ1v) is 9.50. The van der Waals surface area contributed by atoms with Crippen LogP contribution < -0.4 is 5.56 Å². The molecule has 2 saturated carbocycles. The molecular weight excluding hydrogens is 318 g/mol. The third kappa shape index (κ3) is 3.12. The SMILES string of the molecule is CCCn1nc(C(=O)N(C)[C@@H]2C[C@@H](OCC)C23CCCC3)ccc1=O. The van der Waals surface area contributed by atoms with Gasteiger partial charge in [-0.15, -0.1) is 0 Å². The minimum atomic E-state index is -0.159. The largest absolute Gasteiger partial charge is 0.378 e. The van der Waals surface area contributed by atoms with Crippen molar-refractivity contribution in [2.24, 2.45) is 5.41 Å². The van der Waals surface area contributed by atoms with Crippen molar-refractivity contribution in [1.82, 2.24) is 14.7 Å². The third-order valence-corrected chi connectivity index (χ3v) is 5.95. The number of amides is 1. The lowest BCUT2D eigenvalue weighted by Crippen LogP contribution is -2.64. The number of aromatic nitrogens is 2. The van der Waals surface area contributed by atoms with Crippen molar-refractivity contribution in [2.75, 3.05) is 13.7 Å². The lowest BCUT2D eigenvalue weighted by Gasteiger charge is -2.56. The highest BCUT2D eigenvalue weighted by molar-refractivity contribution is 5.92. The number of ether oxygens (including phenoxy) is 1. The molecular formula is C19H29N3O3. The highest BCUT2D eigenvalue weighted by Crippen LogP contribution is 2.56. The van der Waals surface area contributed by atoms with Crippen molar-refractivity contribution in [2.45, 2.75) is 71.1 Å². The molecule has 0 saturated heterocycles. The van der Waals surface area contributed by atoms with Crippen molar-refractivity contribution < 1.29 is 9.53 Å². The van der Waals surface area contributed by atoms with Gasteiger partial charge in [-0.1, -0.05) is 19.8 Å². The smallest absolute Gasteiger partial charge is 0.274 e. The molecule has 1 amide bonds. The van der Waals surface area contributed by atoms with E-state index in [0.29, 0.717) is 12.2 Å². The summed E-state index contributed by atoms with van der Waals surface area (Å²) in [4.78, 5) is 26.6. The Hall–Kier alpha value is -1.69. The molecule has 3 rings (SSSR count). The van der Waals surface area contributed by atoms with E-state index in [9.17, 15) is 9.59 Å². The molecule has 25 heavy (non-hydrogen) atoms. The molecule has 0 N–H and O–H groups in total. The number of hydrogen-bond acceptors (Lipinski definition) is 4. The summed E-state index contributed by atoms with van der Waals surface area (Å²) in [5.74, 6) is -0.101. The first kappa shape index (κ1) is 18.1. The summed E-state index contributed by atoms with van der Waals surface area (Å²) < 4.78 is 7.33. The van der Waals surface area contributed by atoms with Crippen molar-refractivity contribution >= 4 is 5.91 Å². The van der Waals surface area contributed by atoms with E-state index in [-0.39, 0.29) is 29.0 Å². The third-order valence-electron chi connectivity index (χ3n) is 5.95. The van der Waals surface area contributed by atoms with E-state index >= 15 is 0 Å². The van der Waals surface area contributed by atoms with Crippen molar-refractivity contribution in [1.29, 1.82) is 0 Å². The number of carbonyl (C=O) groups is 1. The van der Waals surface area contributed by atoms with Gasteiger partial charge in [0.25, 0.3) is 11.5 Å². The summed E-state index contributed by atoms with van der Waals surface area (Å²) in [5, 5.41) is 4.28. The Morgan fingerprint density at radius 1 is 1.36 bits per heavy atom. The molecule has 0 radical (unpaired) electrons. The van der Waals surface area contributed by atoms with Gasteiger partial charge in [-0.05, 0) is 38.7 Å². The maximum absolute atomic E-state index is 13.0. The minimum Gasteiger partial charge on any atom is -0.378 e. The normalized spacial score (nSPS) is 24.3. The van der Waals surface area contributed by atoms with Gasteiger partial charge in [0, 0.05) is 37.7 Å². The zero-order valence-corrected chi connectivity index (χ0v) is 15.5. The van der Waals surface area contributed by atoms with E-state index in [4.69, 9.17) is 4.74 Å². The number of hydrogen-bond donors (Lipinski definition) is 0. The van der Waals surface area contributed by atoms with Crippen LogP contribution in [0.1, 0.15) is 62.9 Å². The Bertz CT molecular complexity index is 679. The van der Waals surface area contributed by atoms with Crippen LogP contribution >= 0.6 is 0 Å². The minimum absolute atomic E-state index is 0.101. The van der Waals surface area contributed by atoms with Crippen molar-refractivity contribution in [3.8, 4) is 0 Å². The van der Waals surface area contributed by atoms with Gasteiger partial charge in [0.05, 0.1) is 6.10 Å². The van der Waals surface area contributed by atoms with Crippen LogP contribution in [0.15, 0.2) is 16.9 Å². The van der Waals surface area contributed by atoms with Gasteiger partial charge in [-0.25, -0.2) is 4.68 Å². The molecule has 1 aromatic heterocycles. The Morgan fingerprint density at radius 2 is 2.08 bits per heavy atom. The zero-order valence-electron chi connectivity index (χ0n) is 15.5. The zero-order chi connectivity index (χ0) is 18.0. The average molecular weight is 347 g/mol. The van der Waals surface area contributed by atoms with Crippen LogP contribution in [-0.4, -0.2) is 46.4 Å². The van der Waals surface area contributed by atoms with Crippen molar-refractivity contribution in [3.63, 3.8) is 0 Å². The number of aryl methyl sites for hydroxylation is 1. The Morgan fingerprint density at radius 3 is 2.72 bits per heavy atom. The fourth-order valence-corrected chi connectivity index (χ4v) is 4.65. The maximum atomic E-state index is 13.0. The molecule has 1 heterocycles. The topological polar surface area (TPSA) is 64.4 Å². The summed E-state index contributed by atoms with van der Waals surface area (Å²) in [6.07, 6.45) is 6.64. The van der Waals surface area contributed by atoms with E-state index in [0.717, 1.165) is 32.3 Å². The van der Waals surface area contributed by atoms with E-state index < -0.39 is 0 Å². The molecule has 2 atom stereocenters. The van der Waals surface area contributed by atoms with E-state index in [1.165, 1.54) is 23.6 Å². The van der Waals surface area contributed by atoms with Gasteiger partial charge in [0.1, 0.15) is 5.69 Å². The number of rotatable bonds is 6. The van der Waals surface area contributed by atoms with E-state index in [2.05, 4.69) is 5.10 Å². The molecule has 1 aromatic rings. The van der Waals surface area contributed by atoms with Gasteiger partial charge in [-0.3, -0.25) is 9.59 Å². The van der Waals surface area contributed by atoms with Crippen LogP contribution in [0.5, 0.6) is 0 Å². The molecule has 1 spiro atoms. The highest BCUT2D eigenvalue weighted by Gasteiger charge is 2.58. The fourth-order valence-electron chi connectivity index (χ4n) is 4.65. The molecule has 0 aromatic carbocycles. The molecule has 2 aliphatic rings. The predicted molar refractivity (Wildman–Crippen MR) is 95.6 cm³/mol. The monoisotopic (exact) mass is 347 g/mol. The molecule has 2 fully saturated rings. The quantitative estimate of drug-likeness (QED) is 0.793. The first-order chi connectivity index (χ1) is 12.0. The predicted octanol–water partition coefficient (Wildman–Crippen LogP) is 2.46. The summed E-state index contributed by atoms with van der Waals surface area (Å²) in [6.45, 7) is 5.27. The van der Waals surface area contributed by atoms with Crippen LogP contribution in [0.4, 0.5) is 0 Å². The second-order valence-electron chi connectivity index (χ2n) is 7.33. The maximum Gasteiger partial charge on any atom is 0.274 e. The molecule has 138 valence electrons. The van der Waals surface area contributed by atoms with Crippen LogP contribution in [-0.2, 0) is 11.3 Å². The lowest BCUT2D eigenvalue weighted by atomic mass is 9.60. The first-order valence-electron chi connectivity index (χ1n) is 9.50. The molecule has 0 bridgehead atoms. The Labute approximate surface area is 149 Å². The van der Waals surface area contributed by atoms with Crippen LogP contribution in [0, 0.1) is 5.41 Å². The van der Waals surface area contributed by atoms with Gasteiger partial charge in [0.2, 0.25) is 0 Å². The summed E-state index contributed by atoms with van der Waals surface area (Å²) in [5.41, 5.74) is 0.301. The lowest BCUT2D eigenvalue weighted by molar-refractivity contribution is -0.152. The van der Waals surface area contributed by atoms with E-state index in [1.807, 2.05) is 25.8 Å². The van der Waals surface area contributed by atoms with Gasteiger partial charge in [0.15, 0.2) is 0 Å². The van der Waals surface area contributed by atoms with Crippen LogP contribution in [0.3, 0.4) is 0 Å². The molecule has 6 nitrogen and oxygen atoms in total. The molecule has 6 heteroatoms. The second kappa shape index (κ2) is 7.28. The van der Waals surface area contributed by atoms with Gasteiger partial charge in [-0.2, -0.15) is 5.10 Å². The average Bonchev–Trinajstić information content (AvgIpc) is 3.12. The van der Waals surface area contributed by atoms with Gasteiger partial charge >= 0.3 is 0 Å². The fraction of sp³-hybridized carbons (Fsp3) is 0.737. The van der Waals surface area contributed by atoms with E-state index in [1.54, 1.807) is 6.07 Å². The molecule has 0 unspecified atom stereocenters. The summed E-state index contributed by atoms with van der Waals surface area (Å²) in [6, 6.07) is 3.19. The van der Waals surface area contributed by atoms with Crippen LogP contribution in [0.25, 0.3) is 0 Å². The molecule has 2 aliphatic carbocycles. The van der Waals surface area contributed by atoms with Crippen LogP contribution in [0.2, 0.25) is 0 Å². The highest BCUT2D eigenvalue weighted by atomic mass is 16.5. The molecule has 0 aliphatic heterocycles. The Kier molecular flexibility index (Phi) is 5.27. The summed E-state index contributed by atoms with van der Waals surface area (Å²) in [7, 11) is 1.87. The summed E-state index contributed by atoms with van der Waals surface area (Å²) >= 11 is 0.